The highest BCUT2D eigenvalue weighted by molar-refractivity contribution is 6.42. The van der Waals surface area contributed by atoms with Gasteiger partial charge in [-0.3, -0.25) is 9.59 Å². The molecular formula is C34H39Cl2N3O5. The van der Waals surface area contributed by atoms with Crippen molar-refractivity contribution in [1.29, 1.82) is 0 Å². The van der Waals surface area contributed by atoms with Gasteiger partial charge < -0.3 is 29.7 Å². The van der Waals surface area contributed by atoms with Crippen molar-refractivity contribution in [3.8, 4) is 17.2 Å². The van der Waals surface area contributed by atoms with Gasteiger partial charge in [0.05, 0.1) is 31.4 Å². The van der Waals surface area contributed by atoms with E-state index in [2.05, 4.69) is 17.0 Å². The Hall–Kier alpha value is -3.46. The van der Waals surface area contributed by atoms with Crippen LogP contribution in [0.5, 0.6) is 17.2 Å². The molecule has 0 aromatic heterocycles. The molecule has 234 valence electrons. The molecule has 3 unspecified atom stereocenters. The largest absolute Gasteiger partial charge is 0.493 e. The van der Waals surface area contributed by atoms with Gasteiger partial charge in [-0.05, 0) is 67.7 Å². The van der Waals surface area contributed by atoms with Crippen LogP contribution < -0.4 is 19.9 Å². The Labute approximate surface area is 269 Å². The van der Waals surface area contributed by atoms with Crippen molar-refractivity contribution in [2.75, 3.05) is 54.1 Å². The Morgan fingerprint density at radius 1 is 0.932 bits per heavy atom. The predicted octanol–water partition coefficient (Wildman–Crippen LogP) is 5.78. The number of benzene rings is 3. The van der Waals surface area contributed by atoms with E-state index in [0.717, 1.165) is 43.6 Å². The third-order valence-corrected chi connectivity index (χ3v) is 10.0. The fourth-order valence-corrected chi connectivity index (χ4v) is 7.11. The molecular weight excluding hydrogens is 601 g/mol. The number of nitrogens with two attached hydrogens (primary N) is 1. The maximum Gasteiger partial charge on any atom is 0.254 e. The second-order valence-corrected chi connectivity index (χ2v) is 12.5. The average Bonchev–Trinajstić information content (AvgIpc) is 3.49. The molecule has 0 bridgehead atoms. The van der Waals surface area contributed by atoms with Gasteiger partial charge in [0.2, 0.25) is 11.7 Å². The molecule has 2 heterocycles. The normalized spacial score (nSPS) is 22.1. The summed E-state index contributed by atoms with van der Waals surface area (Å²) in [6.45, 7) is 3.40. The lowest BCUT2D eigenvalue weighted by atomic mass is 9.76. The molecule has 2 saturated heterocycles. The highest BCUT2D eigenvalue weighted by Gasteiger charge is 2.43. The number of nitrogens with zero attached hydrogens (tertiary/aromatic N) is 2. The lowest BCUT2D eigenvalue weighted by Crippen LogP contribution is -2.45. The maximum atomic E-state index is 13.9. The van der Waals surface area contributed by atoms with Gasteiger partial charge in [-0.1, -0.05) is 59.6 Å². The lowest BCUT2D eigenvalue weighted by Gasteiger charge is -2.39. The van der Waals surface area contributed by atoms with Crippen molar-refractivity contribution >= 4 is 35.0 Å². The first-order chi connectivity index (χ1) is 21.2. The monoisotopic (exact) mass is 639 g/mol. The van der Waals surface area contributed by atoms with Gasteiger partial charge >= 0.3 is 0 Å². The van der Waals surface area contributed by atoms with Gasteiger partial charge in [-0.15, -0.1) is 0 Å². The number of carbonyl (C=O) groups is 2. The van der Waals surface area contributed by atoms with E-state index in [0.29, 0.717) is 52.4 Å². The van der Waals surface area contributed by atoms with Crippen LogP contribution in [0, 0.1) is 5.92 Å². The summed E-state index contributed by atoms with van der Waals surface area (Å²) in [4.78, 5) is 30.6. The minimum Gasteiger partial charge on any atom is -0.493 e. The summed E-state index contributed by atoms with van der Waals surface area (Å²) in [7, 11) is 4.60. The zero-order valence-electron chi connectivity index (χ0n) is 25.4. The van der Waals surface area contributed by atoms with Crippen LogP contribution >= 0.6 is 23.2 Å². The Balaban J connectivity index is 1.40. The Bertz CT molecular complexity index is 1480. The van der Waals surface area contributed by atoms with E-state index in [9.17, 15) is 9.59 Å². The van der Waals surface area contributed by atoms with Gasteiger partial charge in [0.15, 0.2) is 11.5 Å². The highest BCUT2D eigenvalue weighted by atomic mass is 35.5. The molecule has 3 atom stereocenters. The average molecular weight is 641 g/mol. The number of halogens is 2. The van der Waals surface area contributed by atoms with Crippen LogP contribution in [-0.2, 0) is 10.2 Å². The number of rotatable bonds is 10. The van der Waals surface area contributed by atoms with Gasteiger partial charge in [0, 0.05) is 42.4 Å². The van der Waals surface area contributed by atoms with Crippen LogP contribution in [-0.4, -0.2) is 75.7 Å². The zero-order chi connectivity index (χ0) is 31.4. The molecule has 44 heavy (non-hydrogen) atoms. The number of primary amides is 1. The van der Waals surface area contributed by atoms with Crippen LogP contribution in [0.1, 0.15) is 46.7 Å². The van der Waals surface area contributed by atoms with Gasteiger partial charge in [0.1, 0.15) is 0 Å². The van der Waals surface area contributed by atoms with E-state index in [1.54, 1.807) is 12.1 Å². The second-order valence-electron chi connectivity index (χ2n) is 11.7. The van der Waals surface area contributed by atoms with Crippen molar-refractivity contribution in [1.82, 2.24) is 9.80 Å². The van der Waals surface area contributed by atoms with Gasteiger partial charge in [0.25, 0.3) is 5.91 Å². The standard InChI is InChI=1S/C34H39Cl2N3O5/c1-42-29-17-23(18-30(43-2)31(29)44-3)33(41)39-16-13-34(21-39,24-9-10-27(35)28(36)19-24)12-15-38-14-11-25(32(37)40)26(20-38)22-7-5-4-6-8-22/h4-10,17-19,25-26H,11-16,20-21H2,1-3H3,(H2,37,40). The fourth-order valence-electron chi connectivity index (χ4n) is 6.82. The van der Waals surface area contributed by atoms with E-state index in [4.69, 9.17) is 43.1 Å². The number of hydrogen-bond donors (Lipinski definition) is 1. The topological polar surface area (TPSA) is 94.3 Å². The Kier molecular flexibility index (Phi) is 9.93. The number of hydrogen-bond acceptors (Lipinski definition) is 6. The van der Waals surface area contributed by atoms with Crippen molar-refractivity contribution in [3.63, 3.8) is 0 Å². The molecule has 2 aliphatic rings. The molecule has 8 nitrogen and oxygen atoms in total. The van der Waals surface area contributed by atoms with Crippen LogP contribution in [0.2, 0.25) is 10.0 Å². The quantitative estimate of drug-likeness (QED) is 0.302. The maximum absolute atomic E-state index is 13.9. The van der Waals surface area contributed by atoms with Crippen molar-refractivity contribution in [2.45, 2.75) is 30.6 Å². The minimum absolute atomic E-state index is 0.0325. The van der Waals surface area contributed by atoms with Crippen molar-refractivity contribution < 1.29 is 23.8 Å². The molecule has 0 spiro atoms. The Morgan fingerprint density at radius 3 is 2.25 bits per heavy atom. The molecule has 2 amide bonds. The fraction of sp³-hybridized carbons (Fsp3) is 0.412. The number of piperidine rings is 1. The first-order valence-corrected chi connectivity index (χ1v) is 15.6. The summed E-state index contributed by atoms with van der Waals surface area (Å²) >= 11 is 12.8. The number of likely N-dealkylation sites (tertiary alicyclic amines) is 2. The highest BCUT2D eigenvalue weighted by Crippen LogP contribution is 2.43. The number of carbonyl (C=O) groups excluding carboxylic acids is 2. The smallest absolute Gasteiger partial charge is 0.254 e. The van der Waals surface area contributed by atoms with Gasteiger partial charge in [-0.2, -0.15) is 0 Å². The van der Waals surface area contributed by atoms with Gasteiger partial charge in [-0.25, -0.2) is 0 Å². The molecule has 2 N–H and O–H groups in total. The second kappa shape index (κ2) is 13.7. The van der Waals surface area contributed by atoms with Crippen LogP contribution in [0.15, 0.2) is 60.7 Å². The molecule has 10 heteroatoms. The van der Waals surface area contributed by atoms with Crippen LogP contribution in [0.4, 0.5) is 0 Å². The van der Waals surface area contributed by atoms with Crippen LogP contribution in [0.25, 0.3) is 0 Å². The molecule has 2 aliphatic heterocycles. The predicted molar refractivity (Wildman–Crippen MR) is 172 cm³/mol. The molecule has 0 aliphatic carbocycles. The first-order valence-electron chi connectivity index (χ1n) is 14.8. The molecule has 0 saturated carbocycles. The minimum atomic E-state index is -0.340. The number of methoxy groups -OCH3 is 3. The van der Waals surface area contributed by atoms with E-state index in [-0.39, 0.29) is 29.1 Å². The van der Waals surface area contributed by atoms with Crippen molar-refractivity contribution in [2.24, 2.45) is 11.7 Å². The summed E-state index contributed by atoms with van der Waals surface area (Å²) in [5, 5.41) is 0.984. The summed E-state index contributed by atoms with van der Waals surface area (Å²) in [6, 6.07) is 19.3. The molecule has 3 aromatic carbocycles. The van der Waals surface area contributed by atoms with E-state index in [1.165, 1.54) is 21.3 Å². The zero-order valence-corrected chi connectivity index (χ0v) is 26.9. The number of ether oxygens (including phenoxy) is 3. The summed E-state index contributed by atoms with van der Waals surface area (Å²) in [6.07, 6.45) is 2.27. The summed E-state index contributed by atoms with van der Waals surface area (Å²) in [5.74, 6) is 0.767. The number of amides is 2. The van der Waals surface area contributed by atoms with Crippen molar-refractivity contribution in [3.05, 3.63) is 87.4 Å². The molecule has 2 fully saturated rings. The van der Waals surface area contributed by atoms with E-state index < -0.39 is 0 Å². The lowest BCUT2D eigenvalue weighted by molar-refractivity contribution is -0.124. The van der Waals surface area contributed by atoms with E-state index in [1.807, 2.05) is 41.3 Å². The first kappa shape index (κ1) is 31.9. The summed E-state index contributed by atoms with van der Waals surface area (Å²) < 4.78 is 16.4. The Morgan fingerprint density at radius 2 is 1.64 bits per heavy atom. The summed E-state index contributed by atoms with van der Waals surface area (Å²) in [5.41, 5.74) is 8.14. The molecule has 0 radical (unpaired) electrons. The third kappa shape index (κ3) is 6.48. The van der Waals surface area contributed by atoms with E-state index >= 15 is 0 Å². The molecule has 3 aromatic rings. The SMILES string of the molecule is COc1cc(C(=O)N2CCC(CCN3CCC(C(N)=O)C(c4ccccc4)C3)(c3ccc(Cl)c(Cl)c3)C2)cc(OC)c1OC. The van der Waals surface area contributed by atoms with Crippen LogP contribution in [0.3, 0.4) is 0 Å². The molecule has 5 rings (SSSR count). The third-order valence-electron chi connectivity index (χ3n) is 9.28.